The summed E-state index contributed by atoms with van der Waals surface area (Å²) >= 11 is 6.68. The number of carbonyl (C=O) groups is 1. The van der Waals surface area contributed by atoms with Crippen molar-refractivity contribution in [1.29, 1.82) is 0 Å². The Morgan fingerprint density at radius 2 is 1.83 bits per heavy atom. The van der Waals surface area contributed by atoms with Gasteiger partial charge in [-0.05, 0) is 57.2 Å². The van der Waals surface area contributed by atoms with Gasteiger partial charge in [0.25, 0.3) is 5.91 Å². The van der Waals surface area contributed by atoms with Crippen LogP contribution in [0.4, 0.5) is 15.9 Å². The molecule has 1 saturated heterocycles. The van der Waals surface area contributed by atoms with Crippen molar-refractivity contribution in [1.82, 2.24) is 19.8 Å². The van der Waals surface area contributed by atoms with Crippen LogP contribution in [0.2, 0.25) is 5.02 Å². The van der Waals surface area contributed by atoms with Gasteiger partial charge >= 0.3 is 6.01 Å². The van der Waals surface area contributed by atoms with Crippen molar-refractivity contribution in [3.63, 3.8) is 0 Å². The molecule has 3 aromatic rings. The zero-order valence-corrected chi connectivity index (χ0v) is 25.2. The number of aromatic nitrogens is 2. The molecule has 0 bridgehead atoms. The molecule has 2 aromatic carbocycles. The van der Waals surface area contributed by atoms with Crippen LogP contribution >= 0.6 is 11.6 Å². The van der Waals surface area contributed by atoms with Crippen molar-refractivity contribution in [2.45, 2.75) is 44.7 Å². The fraction of sp³-hybridized carbons (Fsp3) is 0.469. The first-order valence-electron chi connectivity index (χ1n) is 14.8. The smallest absolute Gasteiger partial charge is 0.318 e. The molecule has 1 aliphatic carbocycles. The molecule has 1 amide bonds. The van der Waals surface area contributed by atoms with E-state index in [1.807, 2.05) is 12.1 Å². The topological polar surface area (TPSA) is 65.0 Å². The van der Waals surface area contributed by atoms with E-state index in [0.717, 1.165) is 58.1 Å². The second-order valence-electron chi connectivity index (χ2n) is 11.8. The number of hydrogen-bond acceptors (Lipinski definition) is 7. The van der Waals surface area contributed by atoms with Crippen molar-refractivity contribution in [2.75, 3.05) is 62.7 Å². The van der Waals surface area contributed by atoms with Gasteiger partial charge in [0.2, 0.25) is 0 Å². The van der Waals surface area contributed by atoms with Crippen LogP contribution in [-0.2, 0) is 17.8 Å². The van der Waals surface area contributed by atoms with Gasteiger partial charge < -0.3 is 19.4 Å². The molecule has 222 valence electrons. The predicted octanol–water partition coefficient (Wildman–Crippen LogP) is 5.23. The lowest BCUT2D eigenvalue weighted by Crippen LogP contribution is -2.50. The van der Waals surface area contributed by atoms with E-state index in [1.54, 1.807) is 0 Å². The molecule has 1 aromatic heterocycles. The maximum atomic E-state index is 13.5. The van der Waals surface area contributed by atoms with Crippen LogP contribution in [0.15, 0.2) is 48.8 Å². The number of carbonyl (C=O) groups excluding carboxylic acids is 1. The molecular weight excluding hydrogens is 555 g/mol. The highest BCUT2D eigenvalue weighted by Crippen LogP contribution is 2.38. The highest BCUT2D eigenvalue weighted by molar-refractivity contribution is 6.36. The fourth-order valence-electron chi connectivity index (χ4n) is 6.37. The summed E-state index contributed by atoms with van der Waals surface area (Å²) in [6.45, 7) is 10.1. The van der Waals surface area contributed by atoms with Crippen molar-refractivity contribution < 1.29 is 13.9 Å². The van der Waals surface area contributed by atoms with Crippen LogP contribution in [0, 0.1) is 0 Å². The second kappa shape index (κ2) is 11.7. The quantitative estimate of drug-likeness (QED) is 0.332. The van der Waals surface area contributed by atoms with Gasteiger partial charge in [-0.15, -0.1) is 0 Å². The van der Waals surface area contributed by atoms with Gasteiger partial charge in [0.15, 0.2) is 5.83 Å². The molecule has 2 aliphatic heterocycles. The minimum atomic E-state index is -0.923. The third kappa shape index (κ3) is 5.52. The molecule has 0 unspecified atom stereocenters. The van der Waals surface area contributed by atoms with Crippen molar-refractivity contribution in [3.8, 4) is 6.01 Å². The lowest BCUT2D eigenvalue weighted by Gasteiger charge is -2.46. The summed E-state index contributed by atoms with van der Waals surface area (Å²) in [6, 6.07) is 12.6. The highest BCUT2D eigenvalue weighted by atomic mass is 35.5. The largest absolute Gasteiger partial charge is 0.462 e. The standard InChI is InChI=1S/C32H38ClFN6O2/c1-22(34)30(41)39-17-15-38(16-18-39)29-24-11-14-40(27-10-5-8-23-7-4-9-25(33)28(23)27)21-26(24)35-31(36-29)42-20-19-37(3)32(2)12-6-13-32/h4-5,7-10H,1,6,11-21H2,2-3H3. The Hall–Kier alpha value is -3.43. The van der Waals surface area contributed by atoms with Crippen molar-refractivity contribution in [3.05, 3.63) is 65.1 Å². The van der Waals surface area contributed by atoms with Crippen LogP contribution in [0.1, 0.15) is 37.4 Å². The third-order valence-corrected chi connectivity index (χ3v) is 9.62. The van der Waals surface area contributed by atoms with E-state index in [2.05, 4.69) is 59.5 Å². The Balaban J connectivity index is 1.27. The Bertz CT molecular complexity index is 1500. The van der Waals surface area contributed by atoms with Gasteiger partial charge in [-0.3, -0.25) is 9.69 Å². The number of halogens is 2. The van der Waals surface area contributed by atoms with Gasteiger partial charge in [0.05, 0.1) is 17.3 Å². The zero-order valence-electron chi connectivity index (χ0n) is 24.4. The summed E-state index contributed by atoms with van der Waals surface area (Å²) in [7, 11) is 2.15. The number of likely N-dealkylation sites (N-methyl/N-ethyl adjacent to an activating group) is 1. The van der Waals surface area contributed by atoms with E-state index in [-0.39, 0.29) is 5.54 Å². The summed E-state index contributed by atoms with van der Waals surface area (Å²) in [6.07, 6.45) is 4.45. The number of rotatable bonds is 8. The number of amides is 1. The number of piperazine rings is 1. The van der Waals surface area contributed by atoms with Gasteiger partial charge in [0.1, 0.15) is 12.4 Å². The van der Waals surface area contributed by atoms with E-state index in [0.29, 0.717) is 45.3 Å². The first kappa shape index (κ1) is 28.7. The summed E-state index contributed by atoms with van der Waals surface area (Å²) in [5, 5.41) is 2.87. The maximum absolute atomic E-state index is 13.5. The average molecular weight is 593 g/mol. The molecule has 0 N–H and O–H groups in total. The molecule has 2 fully saturated rings. The number of fused-ring (bicyclic) bond motifs is 2. The lowest BCUT2D eigenvalue weighted by molar-refractivity contribution is -0.128. The summed E-state index contributed by atoms with van der Waals surface area (Å²) in [5.74, 6) is -0.721. The minimum absolute atomic E-state index is 0.244. The normalized spacial score (nSPS) is 18.2. The van der Waals surface area contributed by atoms with Crippen LogP contribution < -0.4 is 14.5 Å². The SMILES string of the molecule is C=C(F)C(=O)N1CCN(c2nc(OCCN(C)C3(C)CCC3)nc3c2CCN(c2cccc4cccc(Cl)c24)C3)CC1. The Kier molecular flexibility index (Phi) is 7.98. The molecular formula is C32H38ClFN6O2. The lowest BCUT2D eigenvalue weighted by atomic mass is 9.77. The fourth-order valence-corrected chi connectivity index (χ4v) is 6.65. The number of ether oxygens (including phenoxy) is 1. The van der Waals surface area contributed by atoms with E-state index < -0.39 is 11.7 Å². The first-order valence-corrected chi connectivity index (χ1v) is 15.2. The van der Waals surface area contributed by atoms with E-state index in [1.165, 1.54) is 24.2 Å². The summed E-state index contributed by atoms with van der Waals surface area (Å²) in [4.78, 5) is 30.4. The molecule has 0 spiro atoms. The molecule has 6 rings (SSSR count). The Morgan fingerprint density at radius 1 is 1.10 bits per heavy atom. The van der Waals surface area contributed by atoms with Gasteiger partial charge in [0, 0.05) is 61.4 Å². The highest BCUT2D eigenvalue weighted by Gasteiger charge is 2.35. The van der Waals surface area contributed by atoms with Gasteiger partial charge in [-0.1, -0.05) is 42.4 Å². The molecule has 8 nitrogen and oxygen atoms in total. The zero-order chi connectivity index (χ0) is 29.4. The number of hydrogen-bond donors (Lipinski definition) is 0. The van der Waals surface area contributed by atoms with E-state index >= 15 is 0 Å². The number of benzene rings is 2. The molecule has 3 heterocycles. The van der Waals surface area contributed by atoms with Crippen LogP contribution in [0.25, 0.3) is 10.8 Å². The monoisotopic (exact) mass is 592 g/mol. The van der Waals surface area contributed by atoms with Gasteiger partial charge in [-0.2, -0.15) is 9.97 Å². The van der Waals surface area contributed by atoms with Crippen molar-refractivity contribution in [2.24, 2.45) is 0 Å². The van der Waals surface area contributed by atoms with Gasteiger partial charge in [-0.25, -0.2) is 4.39 Å². The first-order chi connectivity index (χ1) is 20.2. The number of anilines is 2. The van der Waals surface area contributed by atoms with Crippen LogP contribution in [0.5, 0.6) is 6.01 Å². The Labute approximate surface area is 251 Å². The predicted molar refractivity (Wildman–Crippen MR) is 165 cm³/mol. The molecule has 10 heteroatoms. The third-order valence-electron chi connectivity index (χ3n) is 9.30. The van der Waals surface area contributed by atoms with Crippen molar-refractivity contribution >= 4 is 39.8 Å². The molecule has 42 heavy (non-hydrogen) atoms. The molecule has 0 radical (unpaired) electrons. The minimum Gasteiger partial charge on any atom is -0.462 e. The van der Waals surface area contributed by atoms with E-state index in [4.69, 9.17) is 26.3 Å². The molecule has 1 saturated carbocycles. The average Bonchev–Trinajstić information content (AvgIpc) is 2.98. The summed E-state index contributed by atoms with van der Waals surface area (Å²) in [5.41, 5.74) is 3.35. The molecule has 3 aliphatic rings. The van der Waals surface area contributed by atoms with Crippen LogP contribution in [0.3, 0.4) is 0 Å². The van der Waals surface area contributed by atoms with Crippen LogP contribution in [-0.4, -0.2) is 84.1 Å². The number of nitrogens with zero attached hydrogens (tertiary/aromatic N) is 6. The second-order valence-corrected chi connectivity index (χ2v) is 12.3. The molecule has 0 atom stereocenters. The summed E-state index contributed by atoms with van der Waals surface area (Å²) < 4.78 is 19.7. The van der Waals surface area contributed by atoms with E-state index in [9.17, 15) is 9.18 Å². The maximum Gasteiger partial charge on any atom is 0.318 e. The Morgan fingerprint density at radius 3 is 2.52 bits per heavy atom.